The number of thiocarbonyl (C=S) groups is 1. The van der Waals surface area contributed by atoms with Crippen molar-refractivity contribution in [2.24, 2.45) is 0 Å². The van der Waals surface area contributed by atoms with Crippen molar-refractivity contribution in [3.63, 3.8) is 0 Å². The van der Waals surface area contributed by atoms with Crippen LogP contribution in [0.1, 0.15) is 55.4 Å². The normalized spacial score (nSPS) is 9.14. The van der Waals surface area contributed by atoms with E-state index in [0.29, 0.717) is 4.32 Å². The Bertz CT molecular complexity index is 270. The Labute approximate surface area is 146 Å². The Morgan fingerprint density at radius 3 is 1.91 bits per heavy atom. The van der Waals surface area contributed by atoms with Crippen molar-refractivity contribution in [3.05, 3.63) is 0 Å². The second-order valence-electron chi connectivity index (χ2n) is 3.91. The molecule has 0 bridgehead atoms. The minimum Gasteiger partial charge on any atom is -0.462 e. The number of aliphatic hydroxyl groups excluding tert-OH is 1. The number of ether oxygens (including phenoxy) is 1. The van der Waals surface area contributed by atoms with Crippen molar-refractivity contribution in [2.75, 3.05) is 26.3 Å². The molecule has 0 radical (unpaired) electrons. The molecule has 0 saturated carbocycles. The molecule has 0 saturated heterocycles. The molecule has 7 heteroatoms. The highest BCUT2D eigenvalue weighted by molar-refractivity contribution is 8.24. The number of carbonyl (C=O) groups is 1. The fourth-order valence-electron chi connectivity index (χ4n) is 1.12. The van der Waals surface area contributed by atoms with E-state index in [9.17, 15) is 4.79 Å². The van der Waals surface area contributed by atoms with Gasteiger partial charge in [0.25, 0.3) is 0 Å². The predicted molar refractivity (Wildman–Crippen MR) is 102 cm³/mol. The van der Waals surface area contributed by atoms with Crippen molar-refractivity contribution in [1.82, 2.24) is 4.90 Å². The van der Waals surface area contributed by atoms with Crippen LogP contribution in [0.5, 0.6) is 0 Å². The van der Waals surface area contributed by atoms with Crippen molar-refractivity contribution in [3.8, 4) is 0 Å². The highest BCUT2D eigenvalue weighted by atomic mass is 32.2. The van der Waals surface area contributed by atoms with E-state index in [1.807, 2.05) is 46.4 Å². The molecule has 22 heavy (non-hydrogen) atoms. The Morgan fingerprint density at radius 2 is 1.59 bits per heavy atom. The van der Waals surface area contributed by atoms with Gasteiger partial charge in [-0.3, -0.25) is 4.79 Å². The quantitative estimate of drug-likeness (QED) is 0.581. The summed E-state index contributed by atoms with van der Waals surface area (Å²) in [4.78, 5) is 13.7. The van der Waals surface area contributed by atoms with Crippen molar-refractivity contribution in [1.29, 1.82) is 0 Å². The lowest BCUT2D eigenvalue weighted by atomic mass is 10.2. The Hall–Kier alpha value is -0.370. The number of rotatable bonds is 6. The molecule has 0 aliphatic rings. The van der Waals surface area contributed by atoms with Crippen LogP contribution in [0.25, 0.3) is 0 Å². The van der Waals surface area contributed by atoms with Gasteiger partial charge in [-0.05, 0) is 27.7 Å². The number of hydrogen-bond donors (Lipinski definition) is 1. The zero-order valence-corrected chi connectivity index (χ0v) is 17.0. The third-order valence-corrected chi connectivity index (χ3v) is 3.80. The summed E-state index contributed by atoms with van der Waals surface area (Å²) in [6.45, 7) is 17.1. The lowest BCUT2D eigenvalue weighted by Gasteiger charge is -2.27. The molecule has 5 nitrogen and oxygen atoms in total. The van der Waals surface area contributed by atoms with Gasteiger partial charge in [-0.1, -0.05) is 51.7 Å². The molecular weight excluding hydrogens is 322 g/mol. The summed E-state index contributed by atoms with van der Waals surface area (Å²) < 4.78 is 4.88. The molecule has 0 fully saturated rings. The summed E-state index contributed by atoms with van der Waals surface area (Å²) in [5, 5.41) is 8.61. The van der Waals surface area contributed by atoms with Gasteiger partial charge in [0.15, 0.2) is 0 Å². The minimum absolute atomic E-state index is 0. The van der Waals surface area contributed by atoms with E-state index in [-0.39, 0.29) is 24.7 Å². The first kappa shape index (κ1) is 29.6. The van der Waals surface area contributed by atoms with E-state index in [0.717, 1.165) is 13.1 Å². The van der Waals surface area contributed by atoms with Crippen molar-refractivity contribution >= 4 is 34.3 Å². The van der Waals surface area contributed by atoms with E-state index in [2.05, 4.69) is 0 Å². The lowest BCUT2D eigenvalue weighted by molar-refractivity contribution is -0.146. The van der Waals surface area contributed by atoms with E-state index in [1.54, 1.807) is 13.8 Å². The molecule has 3 N–H and O–H groups in total. The first-order valence-electron chi connectivity index (χ1n) is 7.65. The largest absolute Gasteiger partial charge is 0.462 e. The molecule has 136 valence electrons. The third-order valence-electron chi connectivity index (χ3n) is 2.18. The van der Waals surface area contributed by atoms with Crippen molar-refractivity contribution < 1.29 is 20.1 Å². The number of thioether (sulfide) groups is 1. The molecule has 0 spiro atoms. The minimum atomic E-state index is -0.727. The average Bonchev–Trinajstić information content (AvgIpc) is 2.49. The first-order valence-corrected chi connectivity index (χ1v) is 8.87. The summed E-state index contributed by atoms with van der Waals surface area (Å²) in [6.07, 6.45) is 0. The second-order valence-corrected chi connectivity index (χ2v) is 6.17. The first-order chi connectivity index (χ1) is 9.88. The fraction of sp³-hybridized carbons (Fsp3) is 0.867. The SMILES string of the molecule is CC.CC.CCN(CC)C(=S)SC(C)(C)C(=O)OCCO.O. The van der Waals surface area contributed by atoms with Crippen molar-refractivity contribution in [2.45, 2.75) is 60.1 Å². The predicted octanol–water partition coefficient (Wildman–Crippen LogP) is 2.89. The Balaban J connectivity index is -0.000000297. The van der Waals surface area contributed by atoms with Gasteiger partial charge >= 0.3 is 5.97 Å². The van der Waals surface area contributed by atoms with E-state index < -0.39 is 4.75 Å². The maximum atomic E-state index is 11.7. The molecule has 0 unspecified atom stereocenters. The smallest absolute Gasteiger partial charge is 0.322 e. The summed E-state index contributed by atoms with van der Waals surface area (Å²) in [5.74, 6) is -0.356. The van der Waals surface area contributed by atoms with Gasteiger partial charge in [0.05, 0.1) is 6.61 Å². The molecule has 0 aromatic heterocycles. The van der Waals surface area contributed by atoms with Gasteiger partial charge < -0.3 is 20.2 Å². The summed E-state index contributed by atoms with van der Waals surface area (Å²) >= 11 is 6.60. The van der Waals surface area contributed by atoms with Gasteiger partial charge in [0, 0.05) is 13.1 Å². The lowest BCUT2D eigenvalue weighted by Crippen LogP contribution is -2.36. The molecule has 0 aliphatic heterocycles. The van der Waals surface area contributed by atoms with Gasteiger partial charge in [0.2, 0.25) is 0 Å². The Kier molecular flexibility index (Phi) is 25.1. The number of hydrogen-bond acceptors (Lipinski definition) is 5. The molecule has 0 aliphatic carbocycles. The zero-order valence-electron chi connectivity index (χ0n) is 15.4. The maximum absolute atomic E-state index is 11.7. The highest BCUT2D eigenvalue weighted by Gasteiger charge is 2.32. The molecule has 0 amide bonds. The number of nitrogens with zero attached hydrogens (tertiary/aromatic N) is 1. The van der Waals surface area contributed by atoms with Gasteiger partial charge in [-0.2, -0.15) is 0 Å². The van der Waals surface area contributed by atoms with Crippen LogP contribution in [0.4, 0.5) is 0 Å². The van der Waals surface area contributed by atoms with Gasteiger partial charge in [-0.25, -0.2) is 0 Å². The Morgan fingerprint density at radius 1 is 1.18 bits per heavy atom. The average molecular weight is 358 g/mol. The maximum Gasteiger partial charge on any atom is 0.322 e. The number of carbonyl (C=O) groups excluding carboxylic acids is 1. The third kappa shape index (κ3) is 13.3. The van der Waals surface area contributed by atoms with Crippen LogP contribution in [-0.4, -0.2) is 56.8 Å². The molecule has 0 aromatic carbocycles. The molecular formula is C15H35NO4S2. The van der Waals surface area contributed by atoms with E-state index in [1.165, 1.54) is 11.8 Å². The number of esters is 1. The van der Waals surface area contributed by atoms with Crippen LogP contribution in [0, 0.1) is 0 Å². The van der Waals surface area contributed by atoms with Gasteiger partial charge in [-0.15, -0.1) is 0 Å². The zero-order chi connectivity index (χ0) is 17.5. The van der Waals surface area contributed by atoms with Crippen LogP contribution in [0.2, 0.25) is 0 Å². The second kappa shape index (κ2) is 18.7. The number of aliphatic hydroxyl groups is 1. The van der Waals surface area contributed by atoms with Gasteiger partial charge in [0.1, 0.15) is 15.7 Å². The monoisotopic (exact) mass is 357 g/mol. The van der Waals surface area contributed by atoms with Crippen LogP contribution in [0.3, 0.4) is 0 Å². The van der Waals surface area contributed by atoms with Crippen LogP contribution >= 0.6 is 24.0 Å². The highest BCUT2D eigenvalue weighted by Crippen LogP contribution is 2.28. The molecule has 0 heterocycles. The fourth-order valence-corrected chi connectivity index (χ4v) is 2.97. The van der Waals surface area contributed by atoms with E-state index >= 15 is 0 Å². The van der Waals surface area contributed by atoms with Crippen LogP contribution in [0.15, 0.2) is 0 Å². The molecule has 0 atom stereocenters. The van der Waals surface area contributed by atoms with Crippen LogP contribution < -0.4 is 0 Å². The molecule has 0 rings (SSSR count). The van der Waals surface area contributed by atoms with Crippen LogP contribution in [-0.2, 0) is 9.53 Å². The summed E-state index contributed by atoms with van der Waals surface area (Å²) in [6, 6.07) is 0. The topological polar surface area (TPSA) is 81.3 Å². The summed E-state index contributed by atoms with van der Waals surface area (Å²) in [5.41, 5.74) is 0. The summed E-state index contributed by atoms with van der Waals surface area (Å²) in [7, 11) is 0. The molecule has 0 aromatic rings. The van der Waals surface area contributed by atoms with E-state index in [4.69, 9.17) is 22.1 Å². The standard InChI is InChI=1S/C11H21NO3S2.2C2H6.H2O/c1-5-12(6-2)10(16)17-11(3,4)9(14)15-8-7-13;2*1-2;/h13H,5-8H2,1-4H3;2*1-2H3;1H2.